The molecule has 1 amide bonds. The fourth-order valence-electron chi connectivity index (χ4n) is 1.94. The normalized spacial score (nSPS) is 12.2. The van der Waals surface area contributed by atoms with E-state index in [4.69, 9.17) is 0 Å². The number of aromatic nitrogens is 2. The van der Waals surface area contributed by atoms with Gasteiger partial charge in [-0.2, -0.15) is 0 Å². The van der Waals surface area contributed by atoms with Crippen molar-refractivity contribution < 1.29 is 4.79 Å². The van der Waals surface area contributed by atoms with Gasteiger partial charge >= 0.3 is 0 Å². The average Bonchev–Trinajstić information content (AvgIpc) is 2.85. The lowest BCUT2D eigenvalue weighted by Gasteiger charge is -2.11. The van der Waals surface area contributed by atoms with E-state index in [-0.39, 0.29) is 11.9 Å². The highest BCUT2D eigenvalue weighted by Crippen LogP contribution is 2.08. The molecule has 0 aliphatic rings. The predicted octanol–water partition coefficient (Wildman–Crippen LogP) is 2.77. The fraction of sp³-hybridized carbons (Fsp3) is 0.375. The van der Waals surface area contributed by atoms with Crippen molar-refractivity contribution in [1.29, 1.82) is 0 Å². The van der Waals surface area contributed by atoms with E-state index in [1.165, 1.54) is 0 Å². The number of nitrogens with one attached hydrogen (secondary N) is 1. The Kier molecular flexibility index (Phi) is 4.56. The molecular weight excluding hydrogens is 250 g/mol. The van der Waals surface area contributed by atoms with E-state index >= 15 is 0 Å². The summed E-state index contributed by atoms with van der Waals surface area (Å²) in [4.78, 5) is 16.2. The standard InChI is InChI=1S/C16H21N3O/c1-4-12(2)18-16(20)15-7-5-14(6-8-15)11-19-10-9-17-13(19)3/h5-10,12H,4,11H2,1-3H3,(H,18,20)/t12-/m1/s1. The van der Waals surface area contributed by atoms with Crippen LogP contribution in [-0.2, 0) is 6.54 Å². The van der Waals surface area contributed by atoms with Crippen LogP contribution in [0.5, 0.6) is 0 Å². The Hall–Kier alpha value is -2.10. The molecule has 4 nitrogen and oxygen atoms in total. The number of carbonyl (C=O) groups excluding carboxylic acids is 1. The minimum atomic E-state index is -0.00953. The van der Waals surface area contributed by atoms with Crippen LogP contribution >= 0.6 is 0 Å². The summed E-state index contributed by atoms with van der Waals surface area (Å²) in [5.74, 6) is 0.980. The van der Waals surface area contributed by atoms with E-state index in [9.17, 15) is 4.79 Å². The summed E-state index contributed by atoms with van der Waals surface area (Å²) in [5.41, 5.74) is 1.86. The van der Waals surface area contributed by atoms with Gasteiger partial charge in [-0.1, -0.05) is 19.1 Å². The van der Waals surface area contributed by atoms with Crippen LogP contribution in [0.25, 0.3) is 0 Å². The number of rotatable bonds is 5. The molecule has 2 aromatic rings. The Morgan fingerprint density at radius 1 is 1.35 bits per heavy atom. The molecule has 0 unspecified atom stereocenters. The van der Waals surface area contributed by atoms with E-state index in [1.54, 1.807) is 6.20 Å². The lowest BCUT2D eigenvalue weighted by atomic mass is 10.1. The molecule has 1 aromatic carbocycles. The van der Waals surface area contributed by atoms with Gasteiger partial charge in [0.15, 0.2) is 0 Å². The van der Waals surface area contributed by atoms with Crippen LogP contribution < -0.4 is 5.32 Å². The van der Waals surface area contributed by atoms with Gasteiger partial charge in [-0.15, -0.1) is 0 Å². The third kappa shape index (κ3) is 3.47. The highest BCUT2D eigenvalue weighted by Gasteiger charge is 2.08. The molecule has 0 radical (unpaired) electrons. The number of imidazole rings is 1. The Morgan fingerprint density at radius 2 is 2.05 bits per heavy atom. The fourth-order valence-corrected chi connectivity index (χ4v) is 1.94. The van der Waals surface area contributed by atoms with Crippen LogP contribution in [-0.4, -0.2) is 21.5 Å². The SMILES string of the molecule is CC[C@@H](C)NC(=O)c1ccc(Cn2ccnc2C)cc1. The smallest absolute Gasteiger partial charge is 0.251 e. The van der Waals surface area contributed by atoms with Crippen LogP contribution in [0.4, 0.5) is 0 Å². The molecule has 0 saturated heterocycles. The number of hydrogen-bond acceptors (Lipinski definition) is 2. The Labute approximate surface area is 119 Å². The second kappa shape index (κ2) is 6.37. The molecule has 106 valence electrons. The summed E-state index contributed by atoms with van der Waals surface area (Å²) in [6.07, 6.45) is 4.69. The molecule has 1 aromatic heterocycles. The molecule has 1 atom stereocenters. The van der Waals surface area contributed by atoms with E-state index in [0.29, 0.717) is 5.56 Å². The number of hydrogen-bond donors (Lipinski definition) is 1. The molecule has 1 N–H and O–H groups in total. The van der Waals surface area contributed by atoms with Crippen LogP contribution in [0.1, 0.15) is 42.0 Å². The van der Waals surface area contributed by atoms with Gasteiger partial charge in [-0.05, 0) is 38.0 Å². The summed E-state index contributed by atoms with van der Waals surface area (Å²) in [6.45, 7) is 6.82. The topological polar surface area (TPSA) is 46.9 Å². The molecule has 4 heteroatoms. The summed E-state index contributed by atoms with van der Waals surface area (Å²) < 4.78 is 2.08. The van der Waals surface area contributed by atoms with Gasteiger partial charge in [0, 0.05) is 30.5 Å². The van der Waals surface area contributed by atoms with Crippen molar-refractivity contribution in [2.75, 3.05) is 0 Å². The van der Waals surface area contributed by atoms with Crippen LogP contribution in [0.3, 0.4) is 0 Å². The molecule has 0 aliphatic carbocycles. The first-order valence-corrected chi connectivity index (χ1v) is 6.97. The van der Waals surface area contributed by atoms with Gasteiger partial charge in [0.1, 0.15) is 5.82 Å². The second-order valence-electron chi connectivity index (χ2n) is 5.08. The summed E-state index contributed by atoms with van der Waals surface area (Å²) in [6, 6.07) is 7.94. The van der Waals surface area contributed by atoms with Crippen LogP contribution in [0.15, 0.2) is 36.7 Å². The number of benzene rings is 1. The van der Waals surface area contributed by atoms with Crippen molar-refractivity contribution in [1.82, 2.24) is 14.9 Å². The van der Waals surface area contributed by atoms with Gasteiger partial charge < -0.3 is 9.88 Å². The molecule has 0 spiro atoms. The summed E-state index contributed by atoms with van der Waals surface area (Å²) in [7, 11) is 0. The quantitative estimate of drug-likeness (QED) is 0.909. The van der Waals surface area contributed by atoms with E-state index in [2.05, 4.69) is 21.8 Å². The van der Waals surface area contributed by atoms with E-state index < -0.39 is 0 Å². The molecular formula is C16H21N3O. The number of carbonyl (C=O) groups is 1. The molecule has 0 fully saturated rings. The zero-order valence-electron chi connectivity index (χ0n) is 12.3. The summed E-state index contributed by atoms with van der Waals surface area (Å²) >= 11 is 0. The third-order valence-corrected chi connectivity index (χ3v) is 3.48. The van der Waals surface area contributed by atoms with Gasteiger partial charge in [0.05, 0.1) is 0 Å². The number of nitrogens with zero attached hydrogens (tertiary/aromatic N) is 2. The van der Waals surface area contributed by atoms with Crippen LogP contribution in [0, 0.1) is 6.92 Å². The van der Waals surface area contributed by atoms with E-state index in [1.807, 2.05) is 44.3 Å². The second-order valence-corrected chi connectivity index (χ2v) is 5.08. The Balaban J connectivity index is 2.03. The number of aryl methyl sites for hydroxylation is 1. The van der Waals surface area contributed by atoms with Crippen molar-refractivity contribution in [3.8, 4) is 0 Å². The minimum Gasteiger partial charge on any atom is -0.350 e. The molecule has 0 aliphatic heterocycles. The molecule has 0 bridgehead atoms. The molecule has 2 rings (SSSR count). The average molecular weight is 271 g/mol. The zero-order valence-corrected chi connectivity index (χ0v) is 12.3. The van der Waals surface area contributed by atoms with Gasteiger partial charge in [0.2, 0.25) is 0 Å². The molecule has 20 heavy (non-hydrogen) atoms. The summed E-state index contributed by atoms with van der Waals surface area (Å²) in [5, 5.41) is 2.97. The van der Waals surface area contributed by atoms with Gasteiger partial charge in [0.25, 0.3) is 5.91 Å². The highest BCUT2D eigenvalue weighted by molar-refractivity contribution is 5.94. The first-order chi connectivity index (χ1) is 9.60. The maximum absolute atomic E-state index is 12.0. The Bertz CT molecular complexity index is 572. The largest absolute Gasteiger partial charge is 0.350 e. The lowest BCUT2D eigenvalue weighted by molar-refractivity contribution is 0.0939. The predicted molar refractivity (Wildman–Crippen MR) is 79.7 cm³/mol. The number of amides is 1. The minimum absolute atomic E-state index is 0.00953. The highest BCUT2D eigenvalue weighted by atomic mass is 16.1. The monoisotopic (exact) mass is 271 g/mol. The van der Waals surface area contributed by atoms with Crippen molar-refractivity contribution in [3.05, 3.63) is 53.6 Å². The van der Waals surface area contributed by atoms with Crippen molar-refractivity contribution >= 4 is 5.91 Å². The third-order valence-electron chi connectivity index (χ3n) is 3.48. The Morgan fingerprint density at radius 3 is 2.60 bits per heavy atom. The van der Waals surface area contributed by atoms with Crippen LogP contribution in [0.2, 0.25) is 0 Å². The lowest BCUT2D eigenvalue weighted by Crippen LogP contribution is -2.31. The first-order valence-electron chi connectivity index (χ1n) is 6.97. The van der Waals surface area contributed by atoms with E-state index in [0.717, 1.165) is 24.4 Å². The van der Waals surface area contributed by atoms with Gasteiger partial charge in [-0.3, -0.25) is 4.79 Å². The van der Waals surface area contributed by atoms with Crippen molar-refractivity contribution in [3.63, 3.8) is 0 Å². The van der Waals surface area contributed by atoms with Gasteiger partial charge in [-0.25, -0.2) is 4.98 Å². The molecule has 0 saturated carbocycles. The zero-order chi connectivity index (χ0) is 14.5. The van der Waals surface area contributed by atoms with Crippen molar-refractivity contribution in [2.45, 2.75) is 39.8 Å². The molecule has 1 heterocycles. The maximum atomic E-state index is 12.0. The van der Waals surface area contributed by atoms with Crippen molar-refractivity contribution in [2.24, 2.45) is 0 Å². The first kappa shape index (κ1) is 14.3. The maximum Gasteiger partial charge on any atom is 0.251 e.